The van der Waals surface area contributed by atoms with E-state index in [1.54, 1.807) is 11.5 Å². The first-order valence-corrected chi connectivity index (χ1v) is 8.70. The van der Waals surface area contributed by atoms with Gasteiger partial charge in [-0.25, -0.2) is 0 Å². The first-order chi connectivity index (χ1) is 10.3. The molecule has 0 aliphatic carbocycles. The van der Waals surface area contributed by atoms with E-state index >= 15 is 0 Å². The fourth-order valence-corrected chi connectivity index (χ4v) is 3.42. The molecule has 0 fully saturated rings. The first kappa shape index (κ1) is 16.1. The summed E-state index contributed by atoms with van der Waals surface area (Å²) in [5.74, 6) is 0. The van der Waals surface area contributed by atoms with Gasteiger partial charge in [0.2, 0.25) is 0 Å². The third kappa shape index (κ3) is 4.90. The molecule has 1 atom stereocenters. The van der Waals surface area contributed by atoms with Crippen LogP contribution in [0.15, 0.2) is 30.3 Å². The van der Waals surface area contributed by atoms with Crippen LogP contribution in [0.2, 0.25) is 0 Å². The number of benzene rings is 1. The van der Waals surface area contributed by atoms with E-state index in [1.807, 2.05) is 0 Å². The minimum absolute atomic E-state index is 0.403. The Morgan fingerprint density at radius 3 is 2.67 bits per heavy atom. The number of nitrogens with zero attached hydrogens (tertiary/aromatic N) is 2. The van der Waals surface area contributed by atoms with Crippen molar-refractivity contribution in [1.29, 1.82) is 0 Å². The van der Waals surface area contributed by atoms with Crippen LogP contribution < -0.4 is 5.32 Å². The fourth-order valence-electron chi connectivity index (χ4n) is 2.62. The lowest BCUT2D eigenvalue weighted by atomic mass is 10.0. The molecule has 0 aliphatic heterocycles. The molecule has 1 unspecified atom stereocenters. The van der Waals surface area contributed by atoms with E-state index in [4.69, 9.17) is 0 Å². The molecule has 3 nitrogen and oxygen atoms in total. The normalized spacial score (nSPS) is 12.5. The maximum Gasteiger partial charge on any atom is 0.0803 e. The van der Waals surface area contributed by atoms with E-state index in [2.05, 4.69) is 59.1 Å². The van der Waals surface area contributed by atoms with Crippen LogP contribution in [0.3, 0.4) is 0 Å². The van der Waals surface area contributed by atoms with Gasteiger partial charge >= 0.3 is 0 Å². The summed E-state index contributed by atoms with van der Waals surface area (Å²) < 4.78 is 4.16. The van der Waals surface area contributed by atoms with Crippen molar-refractivity contribution >= 4 is 11.5 Å². The molecule has 1 N–H and O–H groups in total. The highest BCUT2D eigenvalue weighted by Crippen LogP contribution is 2.26. The number of aryl methyl sites for hydroxylation is 2. The van der Waals surface area contributed by atoms with Crippen molar-refractivity contribution in [3.05, 3.63) is 46.5 Å². The van der Waals surface area contributed by atoms with Gasteiger partial charge in [-0.2, -0.15) is 0 Å². The molecule has 4 heteroatoms. The predicted molar refractivity (Wildman–Crippen MR) is 89.7 cm³/mol. The Balaban J connectivity index is 1.94. The second-order valence-corrected chi connectivity index (χ2v) is 6.11. The maximum atomic E-state index is 4.30. The lowest BCUT2D eigenvalue weighted by Gasteiger charge is -2.17. The summed E-state index contributed by atoms with van der Waals surface area (Å²) in [6.45, 7) is 5.35. The van der Waals surface area contributed by atoms with Crippen molar-refractivity contribution < 1.29 is 0 Å². The van der Waals surface area contributed by atoms with Crippen LogP contribution in [0.25, 0.3) is 0 Å². The van der Waals surface area contributed by atoms with Gasteiger partial charge in [-0.1, -0.05) is 55.1 Å². The van der Waals surface area contributed by atoms with Crippen molar-refractivity contribution in [1.82, 2.24) is 14.9 Å². The molecular weight excluding hydrogens is 278 g/mol. The molecule has 1 aromatic heterocycles. The fraction of sp³-hybridized carbons (Fsp3) is 0.529. The lowest BCUT2D eigenvalue weighted by Crippen LogP contribution is -2.21. The molecular formula is C17H25N3S. The number of rotatable bonds is 9. The molecule has 0 amide bonds. The smallest absolute Gasteiger partial charge is 0.0803 e. The second-order valence-electron chi connectivity index (χ2n) is 5.32. The van der Waals surface area contributed by atoms with Gasteiger partial charge in [-0.3, -0.25) is 0 Å². The third-order valence-corrected chi connectivity index (χ3v) is 4.52. The molecule has 0 spiro atoms. The van der Waals surface area contributed by atoms with Gasteiger partial charge in [0.05, 0.1) is 10.6 Å². The minimum atomic E-state index is 0.403. The van der Waals surface area contributed by atoms with Crippen LogP contribution in [0.5, 0.6) is 0 Å². The lowest BCUT2D eigenvalue weighted by molar-refractivity contribution is 0.500. The molecule has 1 aromatic carbocycles. The molecule has 2 rings (SSSR count). The molecule has 1 heterocycles. The maximum absolute atomic E-state index is 4.30. The van der Waals surface area contributed by atoms with E-state index < -0.39 is 0 Å². The topological polar surface area (TPSA) is 37.8 Å². The average Bonchev–Trinajstić information content (AvgIpc) is 2.96. The molecule has 0 saturated carbocycles. The van der Waals surface area contributed by atoms with Gasteiger partial charge < -0.3 is 5.32 Å². The van der Waals surface area contributed by atoms with Crippen LogP contribution in [0.4, 0.5) is 0 Å². The number of hydrogen-bond acceptors (Lipinski definition) is 4. The molecule has 0 aliphatic rings. The molecule has 21 heavy (non-hydrogen) atoms. The second kappa shape index (κ2) is 8.90. The van der Waals surface area contributed by atoms with E-state index in [1.165, 1.54) is 22.6 Å². The summed E-state index contributed by atoms with van der Waals surface area (Å²) in [5, 5.41) is 7.90. The summed E-state index contributed by atoms with van der Waals surface area (Å²) in [4.78, 5) is 1.34. The summed E-state index contributed by atoms with van der Waals surface area (Å²) >= 11 is 1.56. The number of hydrogen-bond donors (Lipinski definition) is 1. The average molecular weight is 303 g/mol. The molecule has 114 valence electrons. The van der Waals surface area contributed by atoms with E-state index in [-0.39, 0.29) is 0 Å². The zero-order valence-electron chi connectivity index (χ0n) is 13.0. The van der Waals surface area contributed by atoms with Crippen molar-refractivity contribution in [2.24, 2.45) is 0 Å². The van der Waals surface area contributed by atoms with Crippen LogP contribution in [0, 0.1) is 0 Å². The Bertz CT molecular complexity index is 510. The number of aromatic nitrogens is 2. The summed E-state index contributed by atoms with van der Waals surface area (Å²) in [5.41, 5.74) is 2.61. The molecule has 0 bridgehead atoms. The standard InChI is InChI=1S/C17H25N3S/c1-3-9-16-17(21-20-19-16)15(18-4-2)13-8-12-14-10-6-5-7-11-14/h5-7,10-11,15,18H,3-4,8-9,12-13H2,1-2H3. The first-order valence-electron chi connectivity index (χ1n) is 7.93. The molecule has 0 radical (unpaired) electrons. The largest absolute Gasteiger partial charge is 0.309 e. The van der Waals surface area contributed by atoms with Crippen molar-refractivity contribution in [2.45, 2.75) is 52.0 Å². The Kier molecular flexibility index (Phi) is 6.83. The van der Waals surface area contributed by atoms with Crippen LogP contribution in [0.1, 0.15) is 55.3 Å². The van der Waals surface area contributed by atoms with Crippen molar-refractivity contribution in [3.8, 4) is 0 Å². The number of nitrogens with one attached hydrogen (secondary N) is 1. The van der Waals surface area contributed by atoms with Gasteiger partial charge in [0.1, 0.15) is 0 Å². The highest BCUT2D eigenvalue weighted by atomic mass is 32.1. The Morgan fingerprint density at radius 2 is 1.95 bits per heavy atom. The van der Waals surface area contributed by atoms with Crippen LogP contribution in [-0.4, -0.2) is 16.1 Å². The van der Waals surface area contributed by atoms with Crippen molar-refractivity contribution in [3.63, 3.8) is 0 Å². The van der Waals surface area contributed by atoms with Gasteiger partial charge in [-0.05, 0) is 49.3 Å². The SMILES string of the molecule is CCCc1nnsc1C(CCCc1ccccc1)NCC. The highest BCUT2D eigenvalue weighted by Gasteiger charge is 2.17. The predicted octanol–water partition coefficient (Wildman–Crippen LogP) is 4.16. The van der Waals surface area contributed by atoms with Crippen molar-refractivity contribution in [2.75, 3.05) is 6.54 Å². The molecule has 2 aromatic rings. The van der Waals surface area contributed by atoms with Crippen LogP contribution >= 0.6 is 11.5 Å². The Morgan fingerprint density at radius 1 is 1.14 bits per heavy atom. The minimum Gasteiger partial charge on any atom is -0.309 e. The quantitative estimate of drug-likeness (QED) is 0.755. The zero-order chi connectivity index (χ0) is 14.9. The zero-order valence-corrected chi connectivity index (χ0v) is 13.8. The molecule has 0 saturated heterocycles. The van der Waals surface area contributed by atoms with Crippen LogP contribution in [-0.2, 0) is 12.8 Å². The van der Waals surface area contributed by atoms with Gasteiger partial charge in [0.15, 0.2) is 0 Å². The Labute approximate surface area is 132 Å². The van der Waals surface area contributed by atoms with Gasteiger partial charge in [0, 0.05) is 6.04 Å². The van der Waals surface area contributed by atoms with E-state index in [0.717, 1.165) is 32.2 Å². The summed E-state index contributed by atoms with van der Waals surface area (Å²) in [7, 11) is 0. The highest BCUT2D eigenvalue weighted by molar-refractivity contribution is 7.05. The van der Waals surface area contributed by atoms with Gasteiger partial charge in [0.25, 0.3) is 0 Å². The monoisotopic (exact) mass is 303 g/mol. The summed E-state index contributed by atoms with van der Waals surface area (Å²) in [6, 6.07) is 11.1. The van der Waals surface area contributed by atoms with E-state index in [0.29, 0.717) is 6.04 Å². The Hall–Kier alpha value is -1.26. The van der Waals surface area contributed by atoms with E-state index in [9.17, 15) is 0 Å². The third-order valence-electron chi connectivity index (χ3n) is 3.64. The van der Waals surface area contributed by atoms with Gasteiger partial charge in [-0.15, -0.1) is 5.10 Å². The summed E-state index contributed by atoms with van der Waals surface area (Å²) in [6.07, 6.45) is 5.63.